The normalized spacial score (nSPS) is 17.6. The number of benzene rings is 1. The molecule has 3 heterocycles. The van der Waals surface area contributed by atoms with Crippen LogP contribution in [0.3, 0.4) is 0 Å². The van der Waals surface area contributed by atoms with Crippen molar-refractivity contribution in [2.24, 2.45) is 0 Å². The Labute approximate surface area is 141 Å². The summed E-state index contributed by atoms with van der Waals surface area (Å²) in [5.41, 5.74) is 0.313. The molecule has 0 saturated heterocycles. The summed E-state index contributed by atoms with van der Waals surface area (Å²) in [5.74, 6) is 0.888. The molecule has 25 heavy (non-hydrogen) atoms. The van der Waals surface area contributed by atoms with Gasteiger partial charge in [0.2, 0.25) is 0 Å². The second-order valence-corrected chi connectivity index (χ2v) is 5.93. The maximum absolute atomic E-state index is 11.7. The molecular weight excluding hydrogens is 328 g/mol. The van der Waals surface area contributed by atoms with E-state index in [0.29, 0.717) is 23.7 Å². The number of carboxylic acid groups (broad SMARTS) is 1. The number of hydrogen-bond acceptors (Lipinski definition) is 6. The van der Waals surface area contributed by atoms with Gasteiger partial charge >= 0.3 is 11.7 Å². The molecule has 130 valence electrons. The highest BCUT2D eigenvalue weighted by Crippen LogP contribution is 2.26. The predicted octanol–water partition coefficient (Wildman–Crippen LogP) is 0.795. The molecule has 2 aromatic heterocycles. The van der Waals surface area contributed by atoms with Crippen LogP contribution in [-0.2, 0) is 24.4 Å². The Bertz CT molecular complexity index is 1000. The van der Waals surface area contributed by atoms with Crippen LogP contribution in [0.2, 0.25) is 0 Å². The lowest BCUT2D eigenvalue weighted by Gasteiger charge is -2.31. The molecular formula is C16H16N4O5. The van der Waals surface area contributed by atoms with E-state index in [1.165, 1.54) is 4.57 Å². The highest BCUT2D eigenvalue weighted by atomic mass is 16.5. The van der Waals surface area contributed by atoms with Gasteiger partial charge in [-0.15, -0.1) is 0 Å². The van der Waals surface area contributed by atoms with Crippen LogP contribution in [0.15, 0.2) is 33.5 Å². The van der Waals surface area contributed by atoms with Crippen LogP contribution >= 0.6 is 0 Å². The number of carboxylic acids is 1. The van der Waals surface area contributed by atoms with Crippen LogP contribution in [0.4, 0.5) is 0 Å². The molecule has 4 rings (SSSR count). The second-order valence-electron chi connectivity index (χ2n) is 5.93. The molecule has 1 atom stereocenters. The Hall–Kier alpha value is -3.07. The molecule has 9 heteroatoms. The van der Waals surface area contributed by atoms with Gasteiger partial charge in [0.25, 0.3) is 0 Å². The van der Waals surface area contributed by atoms with Crippen molar-refractivity contribution in [3.05, 3.63) is 46.3 Å². The van der Waals surface area contributed by atoms with Gasteiger partial charge in [-0.05, 0) is 24.3 Å². The number of ether oxygens (including phenoxy) is 1. The van der Waals surface area contributed by atoms with Crippen molar-refractivity contribution in [1.29, 1.82) is 0 Å². The number of fused-ring (bicyclic) bond motifs is 2. The van der Waals surface area contributed by atoms with Crippen LogP contribution in [0.5, 0.6) is 5.75 Å². The number of methoxy groups -OCH3 is 1. The van der Waals surface area contributed by atoms with E-state index in [9.17, 15) is 14.7 Å². The predicted molar refractivity (Wildman–Crippen MR) is 86.3 cm³/mol. The number of nitrogens with one attached hydrogen (secondary N) is 1. The van der Waals surface area contributed by atoms with Gasteiger partial charge in [-0.3, -0.25) is 14.3 Å². The van der Waals surface area contributed by atoms with E-state index in [1.54, 1.807) is 18.1 Å². The highest BCUT2D eigenvalue weighted by Gasteiger charge is 2.34. The SMILES string of the molecule is COc1ccc2oc(CN3Cc4n[nH]c(=O)n4CC3C(=O)O)cc2c1. The quantitative estimate of drug-likeness (QED) is 0.719. The number of rotatable bonds is 4. The fraction of sp³-hybridized carbons (Fsp3) is 0.312. The van der Waals surface area contributed by atoms with Crippen molar-refractivity contribution in [3.63, 3.8) is 0 Å². The maximum atomic E-state index is 11.7. The Balaban J connectivity index is 1.64. The van der Waals surface area contributed by atoms with Gasteiger partial charge in [-0.2, -0.15) is 5.10 Å². The molecule has 0 radical (unpaired) electrons. The Kier molecular flexibility index (Phi) is 3.57. The fourth-order valence-electron chi connectivity index (χ4n) is 3.12. The summed E-state index contributed by atoms with van der Waals surface area (Å²) in [6.45, 7) is 0.596. The minimum atomic E-state index is -0.989. The molecule has 0 spiro atoms. The first-order valence-corrected chi connectivity index (χ1v) is 7.72. The molecule has 1 unspecified atom stereocenters. The van der Waals surface area contributed by atoms with E-state index in [-0.39, 0.29) is 13.1 Å². The summed E-state index contributed by atoms with van der Waals surface area (Å²) in [5, 5.41) is 16.7. The topological polar surface area (TPSA) is 114 Å². The fourth-order valence-corrected chi connectivity index (χ4v) is 3.12. The van der Waals surface area contributed by atoms with Crippen molar-refractivity contribution < 1.29 is 19.1 Å². The maximum Gasteiger partial charge on any atom is 0.343 e. The third-order valence-electron chi connectivity index (χ3n) is 4.40. The van der Waals surface area contributed by atoms with E-state index in [1.807, 2.05) is 18.2 Å². The van der Waals surface area contributed by atoms with Crippen LogP contribution in [-0.4, -0.2) is 43.9 Å². The zero-order valence-electron chi connectivity index (χ0n) is 13.4. The number of aromatic amines is 1. The van der Waals surface area contributed by atoms with Crippen LogP contribution in [0.25, 0.3) is 11.0 Å². The van der Waals surface area contributed by atoms with Gasteiger partial charge in [0.1, 0.15) is 29.0 Å². The van der Waals surface area contributed by atoms with Crippen molar-refractivity contribution >= 4 is 16.9 Å². The van der Waals surface area contributed by atoms with Gasteiger partial charge in [0.05, 0.1) is 26.7 Å². The summed E-state index contributed by atoms with van der Waals surface area (Å²) >= 11 is 0. The van der Waals surface area contributed by atoms with Crippen LogP contribution in [0, 0.1) is 0 Å². The summed E-state index contributed by atoms with van der Waals surface area (Å²) < 4.78 is 12.4. The van der Waals surface area contributed by atoms with Gasteiger partial charge in [0.15, 0.2) is 0 Å². The summed E-state index contributed by atoms with van der Waals surface area (Å²) in [7, 11) is 1.59. The average Bonchev–Trinajstić information content (AvgIpc) is 3.16. The number of hydrogen-bond donors (Lipinski definition) is 2. The molecule has 3 aromatic rings. The van der Waals surface area contributed by atoms with Gasteiger partial charge in [0, 0.05) is 5.39 Å². The summed E-state index contributed by atoms with van der Waals surface area (Å²) in [6, 6.07) is 6.51. The Morgan fingerprint density at radius 1 is 1.48 bits per heavy atom. The average molecular weight is 344 g/mol. The third-order valence-corrected chi connectivity index (χ3v) is 4.40. The molecule has 0 saturated carbocycles. The van der Waals surface area contributed by atoms with Gasteiger partial charge in [-0.1, -0.05) is 0 Å². The molecule has 0 fully saturated rings. The lowest BCUT2D eigenvalue weighted by molar-refractivity contribution is -0.145. The standard InChI is InChI=1S/C16H16N4O5/c1-24-10-2-3-13-9(4-10)5-11(25-13)6-19-8-14-17-18-16(23)20(14)7-12(19)15(21)22/h2-5,12H,6-8H2,1H3,(H,18,23)(H,21,22). The smallest absolute Gasteiger partial charge is 0.343 e. The molecule has 0 aliphatic carbocycles. The molecule has 1 aliphatic heterocycles. The molecule has 2 N–H and O–H groups in total. The molecule has 1 aliphatic rings. The zero-order valence-corrected chi connectivity index (χ0v) is 13.4. The van der Waals surface area contributed by atoms with E-state index >= 15 is 0 Å². The van der Waals surface area contributed by atoms with E-state index < -0.39 is 17.7 Å². The number of aliphatic carboxylic acids is 1. The summed E-state index contributed by atoms with van der Waals surface area (Å²) in [4.78, 5) is 25.0. The Morgan fingerprint density at radius 2 is 2.32 bits per heavy atom. The van der Waals surface area contributed by atoms with Crippen molar-refractivity contribution in [2.45, 2.75) is 25.7 Å². The minimum absolute atomic E-state index is 0.0497. The monoisotopic (exact) mass is 344 g/mol. The largest absolute Gasteiger partial charge is 0.497 e. The lowest BCUT2D eigenvalue weighted by atomic mass is 10.1. The number of nitrogens with zero attached hydrogens (tertiary/aromatic N) is 3. The number of H-pyrrole nitrogens is 1. The first-order chi connectivity index (χ1) is 12.0. The third kappa shape index (κ3) is 2.68. The van der Waals surface area contributed by atoms with E-state index in [2.05, 4.69) is 10.2 Å². The molecule has 1 aromatic carbocycles. The van der Waals surface area contributed by atoms with E-state index in [0.717, 1.165) is 11.1 Å². The van der Waals surface area contributed by atoms with Crippen molar-refractivity contribution in [3.8, 4) is 5.75 Å². The van der Waals surface area contributed by atoms with Crippen molar-refractivity contribution in [2.75, 3.05) is 7.11 Å². The molecule has 9 nitrogen and oxygen atoms in total. The lowest BCUT2D eigenvalue weighted by Crippen LogP contribution is -2.49. The first-order valence-electron chi connectivity index (χ1n) is 7.72. The van der Waals surface area contributed by atoms with Gasteiger partial charge in [-0.25, -0.2) is 9.89 Å². The minimum Gasteiger partial charge on any atom is -0.497 e. The molecule has 0 amide bonds. The first kappa shape index (κ1) is 15.5. The van der Waals surface area contributed by atoms with Crippen molar-refractivity contribution in [1.82, 2.24) is 19.7 Å². The van der Waals surface area contributed by atoms with Gasteiger partial charge < -0.3 is 14.3 Å². The number of aromatic nitrogens is 3. The second kappa shape index (κ2) is 5.78. The van der Waals surface area contributed by atoms with Crippen LogP contribution in [0.1, 0.15) is 11.6 Å². The highest BCUT2D eigenvalue weighted by molar-refractivity contribution is 5.79. The van der Waals surface area contributed by atoms with E-state index in [4.69, 9.17) is 9.15 Å². The Morgan fingerprint density at radius 3 is 3.08 bits per heavy atom. The van der Waals surface area contributed by atoms with Crippen LogP contribution < -0.4 is 10.4 Å². The number of carbonyl (C=O) groups is 1. The molecule has 0 bridgehead atoms. The number of furan rings is 1. The summed E-state index contributed by atoms with van der Waals surface area (Å²) in [6.07, 6.45) is 0. The zero-order chi connectivity index (χ0) is 17.6.